The van der Waals surface area contributed by atoms with Gasteiger partial charge >= 0.3 is 0 Å². The van der Waals surface area contributed by atoms with Crippen molar-refractivity contribution in [3.8, 4) is 23.7 Å². The zero-order chi connectivity index (χ0) is 6.24. The van der Waals surface area contributed by atoms with E-state index in [1.54, 1.807) is 0 Å². The van der Waals surface area contributed by atoms with Crippen molar-refractivity contribution in [2.75, 3.05) is 6.61 Å². The largest absolute Gasteiger partial charge is 0.384 e. The van der Waals surface area contributed by atoms with Gasteiger partial charge in [0.15, 0.2) is 6.29 Å². The van der Waals surface area contributed by atoms with Crippen molar-refractivity contribution in [3.63, 3.8) is 0 Å². The van der Waals surface area contributed by atoms with Gasteiger partial charge in [0, 0.05) is 0 Å². The number of aliphatic hydroxyl groups excluding tert-OH is 1. The highest BCUT2D eigenvalue weighted by Crippen LogP contribution is 1.49. The first-order valence-corrected chi connectivity index (χ1v) is 1.94. The molecule has 0 amide bonds. The summed E-state index contributed by atoms with van der Waals surface area (Å²) in [4.78, 5) is 9.46. The van der Waals surface area contributed by atoms with Crippen LogP contribution in [-0.2, 0) is 4.79 Å². The molecule has 0 aromatic heterocycles. The van der Waals surface area contributed by atoms with Gasteiger partial charge in [0.2, 0.25) is 0 Å². The van der Waals surface area contributed by atoms with Crippen LogP contribution in [-0.4, -0.2) is 18.0 Å². The highest BCUT2D eigenvalue weighted by molar-refractivity contribution is 5.73. The van der Waals surface area contributed by atoms with Crippen molar-refractivity contribution in [1.29, 1.82) is 0 Å². The van der Waals surface area contributed by atoms with E-state index in [9.17, 15) is 4.79 Å². The van der Waals surface area contributed by atoms with Crippen LogP contribution in [0.3, 0.4) is 0 Å². The topological polar surface area (TPSA) is 37.3 Å². The molecule has 0 fully saturated rings. The van der Waals surface area contributed by atoms with Crippen molar-refractivity contribution >= 4 is 6.29 Å². The lowest BCUT2D eigenvalue weighted by molar-refractivity contribution is -0.103. The summed E-state index contributed by atoms with van der Waals surface area (Å²) in [6.45, 7) is -0.215. The molecule has 40 valence electrons. The standard InChI is InChI=1S/C6H4O2/c7-5-3-1-2-4-6-8/h5,8H,6H2. The van der Waals surface area contributed by atoms with E-state index in [-0.39, 0.29) is 6.61 Å². The first-order valence-electron chi connectivity index (χ1n) is 1.94. The maximum atomic E-state index is 9.46. The minimum Gasteiger partial charge on any atom is -0.384 e. The molecule has 2 heteroatoms. The zero-order valence-corrected chi connectivity index (χ0v) is 4.14. The molecule has 0 saturated carbocycles. The molecule has 0 heterocycles. The summed E-state index contributed by atoms with van der Waals surface area (Å²) in [6.07, 6.45) is 0.450. The summed E-state index contributed by atoms with van der Waals surface area (Å²) in [5.41, 5.74) is 0. The second-order valence-electron chi connectivity index (χ2n) is 0.847. The van der Waals surface area contributed by atoms with Crippen LogP contribution in [0, 0.1) is 23.7 Å². The Balaban J connectivity index is 3.56. The molecular weight excluding hydrogens is 104 g/mol. The van der Waals surface area contributed by atoms with Crippen LogP contribution in [0.1, 0.15) is 0 Å². The van der Waals surface area contributed by atoms with Crippen LogP contribution in [0.5, 0.6) is 0 Å². The minimum absolute atomic E-state index is 0.215. The summed E-state index contributed by atoms with van der Waals surface area (Å²) in [6, 6.07) is 0. The van der Waals surface area contributed by atoms with Crippen LogP contribution >= 0.6 is 0 Å². The third kappa shape index (κ3) is 4.75. The van der Waals surface area contributed by atoms with Crippen molar-refractivity contribution < 1.29 is 9.90 Å². The molecule has 0 aromatic carbocycles. The monoisotopic (exact) mass is 108 g/mol. The molecule has 0 saturated heterocycles. The average Bonchev–Trinajstić information content (AvgIpc) is 1.81. The Morgan fingerprint density at radius 3 is 2.75 bits per heavy atom. The van der Waals surface area contributed by atoms with Gasteiger partial charge in [0.25, 0.3) is 0 Å². The maximum absolute atomic E-state index is 9.46. The number of carbonyl (C=O) groups is 1. The predicted octanol–water partition coefficient (Wildman–Crippen LogP) is -0.816. The third-order valence-corrected chi connectivity index (χ3v) is 0.361. The number of aliphatic hydroxyl groups is 1. The quantitative estimate of drug-likeness (QED) is 0.325. The maximum Gasteiger partial charge on any atom is 0.193 e. The second-order valence-corrected chi connectivity index (χ2v) is 0.847. The number of hydrogen-bond donors (Lipinski definition) is 1. The number of hydrogen-bond acceptors (Lipinski definition) is 2. The van der Waals surface area contributed by atoms with Crippen LogP contribution in [0.15, 0.2) is 0 Å². The van der Waals surface area contributed by atoms with Gasteiger partial charge < -0.3 is 5.11 Å². The fourth-order valence-corrected chi connectivity index (χ4v) is 0.149. The normalized spacial score (nSPS) is 5.12. The molecule has 0 unspecified atom stereocenters. The van der Waals surface area contributed by atoms with Crippen molar-refractivity contribution in [2.24, 2.45) is 0 Å². The molecule has 1 N–H and O–H groups in total. The molecule has 0 radical (unpaired) electrons. The Hall–Kier alpha value is -1.25. The summed E-state index contributed by atoms with van der Waals surface area (Å²) in [7, 11) is 0. The summed E-state index contributed by atoms with van der Waals surface area (Å²) < 4.78 is 0. The first-order chi connectivity index (χ1) is 3.91. The molecular formula is C6H4O2. The smallest absolute Gasteiger partial charge is 0.193 e. The van der Waals surface area contributed by atoms with E-state index in [1.807, 2.05) is 0 Å². The van der Waals surface area contributed by atoms with Crippen LogP contribution in [0.25, 0.3) is 0 Å². The lowest BCUT2D eigenvalue weighted by Crippen LogP contribution is -1.68. The highest BCUT2D eigenvalue weighted by atomic mass is 16.2. The van der Waals surface area contributed by atoms with Crippen LogP contribution in [0.2, 0.25) is 0 Å². The Morgan fingerprint density at radius 1 is 1.50 bits per heavy atom. The minimum atomic E-state index is -0.215. The Labute approximate surface area is 47.5 Å². The third-order valence-electron chi connectivity index (χ3n) is 0.361. The fourth-order valence-electron chi connectivity index (χ4n) is 0.149. The lowest BCUT2D eigenvalue weighted by Gasteiger charge is -1.61. The van der Waals surface area contributed by atoms with E-state index in [0.29, 0.717) is 6.29 Å². The first kappa shape index (κ1) is 6.75. The fraction of sp³-hybridized carbons (Fsp3) is 0.167. The molecule has 0 bridgehead atoms. The van der Waals surface area contributed by atoms with E-state index >= 15 is 0 Å². The van der Waals surface area contributed by atoms with Crippen molar-refractivity contribution in [3.05, 3.63) is 0 Å². The molecule has 0 aliphatic heterocycles. The number of carbonyl (C=O) groups excluding carboxylic acids is 1. The van der Waals surface area contributed by atoms with Gasteiger partial charge in [-0.15, -0.1) is 0 Å². The van der Waals surface area contributed by atoms with Gasteiger partial charge in [-0.2, -0.15) is 0 Å². The van der Waals surface area contributed by atoms with Crippen LogP contribution < -0.4 is 0 Å². The van der Waals surface area contributed by atoms with E-state index < -0.39 is 0 Å². The summed E-state index contributed by atoms with van der Waals surface area (Å²) >= 11 is 0. The van der Waals surface area contributed by atoms with Crippen molar-refractivity contribution in [2.45, 2.75) is 0 Å². The second kappa shape index (κ2) is 5.75. The summed E-state index contributed by atoms with van der Waals surface area (Å²) in [5, 5.41) is 8.04. The molecule has 0 aromatic rings. The Kier molecular flexibility index (Phi) is 4.85. The van der Waals surface area contributed by atoms with Crippen LogP contribution in [0.4, 0.5) is 0 Å². The van der Waals surface area contributed by atoms with Gasteiger partial charge in [0.1, 0.15) is 6.61 Å². The zero-order valence-electron chi connectivity index (χ0n) is 4.14. The summed E-state index contributed by atoms with van der Waals surface area (Å²) in [5.74, 6) is 8.76. The molecule has 0 aliphatic rings. The van der Waals surface area contributed by atoms with Gasteiger partial charge in [-0.1, -0.05) is 5.92 Å². The highest BCUT2D eigenvalue weighted by Gasteiger charge is 1.56. The molecule has 0 atom stereocenters. The number of aldehydes is 1. The van der Waals surface area contributed by atoms with Gasteiger partial charge in [-0.05, 0) is 17.8 Å². The molecule has 2 nitrogen and oxygen atoms in total. The number of rotatable bonds is 0. The average molecular weight is 108 g/mol. The van der Waals surface area contributed by atoms with Gasteiger partial charge in [-0.25, -0.2) is 0 Å². The van der Waals surface area contributed by atoms with E-state index in [1.165, 1.54) is 0 Å². The molecule has 8 heavy (non-hydrogen) atoms. The molecule has 0 spiro atoms. The van der Waals surface area contributed by atoms with Gasteiger partial charge in [-0.3, -0.25) is 4.79 Å². The lowest BCUT2D eigenvalue weighted by atomic mass is 10.5. The SMILES string of the molecule is O=CC#CC#CCO. The van der Waals surface area contributed by atoms with E-state index in [0.717, 1.165) is 0 Å². The van der Waals surface area contributed by atoms with E-state index in [4.69, 9.17) is 5.11 Å². The van der Waals surface area contributed by atoms with Crippen molar-refractivity contribution in [1.82, 2.24) is 0 Å². The molecule has 0 aliphatic carbocycles. The Morgan fingerprint density at radius 2 is 2.25 bits per heavy atom. The molecule has 0 rings (SSSR count). The predicted molar refractivity (Wildman–Crippen MR) is 28.7 cm³/mol. The Bertz CT molecular complexity index is 172. The van der Waals surface area contributed by atoms with E-state index in [2.05, 4.69) is 23.7 Å². The van der Waals surface area contributed by atoms with Gasteiger partial charge in [0.05, 0.1) is 0 Å².